The van der Waals surface area contributed by atoms with E-state index < -0.39 is 0 Å². The van der Waals surface area contributed by atoms with Crippen molar-refractivity contribution in [2.75, 3.05) is 11.9 Å². The number of ether oxygens (including phenoxy) is 1. The number of hydrogen-bond acceptors (Lipinski definition) is 2. The van der Waals surface area contributed by atoms with Crippen LogP contribution in [0.2, 0.25) is 0 Å². The number of pyridine rings is 1. The number of hydrogen-bond donors (Lipinski definition) is 0. The first-order valence-electron chi connectivity index (χ1n) is 4.33. The molecule has 0 saturated heterocycles. The Hall–Kier alpha value is -0.0900. The fraction of sp³-hybridized carbons (Fsp3) is 0.500. The molecule has 0 aliphatic rings. The molecule has 1 rings (SSSR count). The monoisotopic (exact) mass is 321 g/mol. The molecule has 0 aliphatic heterocycles. The van der Waals surface area contributed by atoms with Crippen LogP contribution in [0, 0.1) is 5.41 Å². The molecule has 0 bridgehead atoms. The fourth-order valence-electron chi connectivity index (χ4n) is 0.789. The quantitative estimate of drug-likeness (QED) is 0.789. The van der Waals surface area contributed by atoms with Crippen molar-refractivity contribution >= 4 is 31.9 Å². The average molecular weight is 323 g/mol. The predicted molar refractivity (Wildman–Crippen MR) is 65.0 cm³/mol. The molecule has 0 N–H and O–H groups in total. The summed E-state index contributed by atoms with van der Waals surface area (Å²) < 4.78 is 6.56. The lowest BCUT2D eigenvalue weighted by atomic mass is 9.98. The molecule has 78 valence electrons. The molecule has 0 aliphatic carbocycles. The van der Waals surface area contributed by atoms with Crippen molar-refractivity contribution in [3.05, 3.63) is 22.9 Å². The molecule has 0 fully saturated rings. The van der Waals surface area contributed by atoms with Crippen LogP contribution in [0.3, 0.4) is 0 Å². The first kappa shape index (κ1) is 12.0. The van der Waals surface area contributed by atoms with Crippen LogP contribution in [-0.4, -0.2) is 16.9 Å². The predicted octanol–water partition coefficient (Wildman–Crippen LogP) is 3.64. The van der Waals surface area contributed by atoms with E-state index in [1.54, 1.807) is 12.4 Å². The molecule has 0 aromatic carbocycles. The lowest BCUT2D eigenvalue weighted by Gasteiger charge is -2.21. The molecule has 1 heterocycles. The van der Waals surface area contributed by atoms with Crippen LogP contribution in [0.15, 0.2) is 22.9 Å². The van der Waals surface area contributed by atoms with Crippen LogP contribution >= 0.6 is 31.9 Å². The summed E-state index contributed by atoms with van der Waals surface area (Å²) in [5.41, 5.74) is 0.141. The van der Waals surface area contributed by atoms with Gasteiger partial charge >= 0.3 is 0 Å². The van der Waals surface area contributed by atoms with Gasteiger partial charge in [-0.05, 0) is 22.0 Å². The smallest absolute Gasteiger partial charge is 0.138 e. The molecule has 0 saturated carbocycles. The Kier molecular flexibility index (Phi) is 4.38. The lowest BCUT2D eigenvalue weighted by Crippen LogP contribution is -2.22. The molecule has 0 amide bonds. The van der Waals surface area contributed by atoms with E-state index in [9.17, 15) is 0 Å². The normalized spacial score (nSPS) is 11.4. The Bertz CT molecular complexity index is 302. The Balaban J connectivity index is 2.54. The number of halogens is 2. The average Bonchev–Trinajstić information content (AvgIpc) is 2.15. The Morgan fingerprint density at radius 3 is 2.71 bits per heavy atom. The third-order valence-corrected chi connectivity index (χ3v) is 3.62. The molecule has 0 radical (unpaired) electrons. The van der Waals surface area contributed by atoms with Crippen molar-refractivity contribution in [1.29, 1.82) is 0 Å². The number of rotatable bonds is 4. The van der Waals surface area contributed by atoms with Crippen LogP contribution in [0.25, 0.3) is 0 Å². The minimum absolute atomic E-state index is 0.141. The second-order valence-electron chi connectivity index (χ2n) is 3.93. The zero-order valence-corrected chi connectivity index (χ0v) is 11.4. The SMILES string of the molecule is CC(C)(CBr)COc1cncc(Br)c1. The van der Waals surface area contributed by atoms with Gasteiger partial charge in [0.05, 0.1) is 12.8 Å². The highest BCUT2D eigenvalue weighted by atomic mass is 79.9. The minimum atomic E-state index is 0.141. The van der Waals surface area contributed by atoms with Gasteiger partial charge in [0.15, 0.2) is 0 Å². The second kappa shape index (κ2) is 5.12. The van der Waals surface area contributed by atoms with E-state index in [0.29, 0.717) is 6.61 Å². The molecule has 2 nitrogen and oxygen atoms in total. The van der Waals surface area contributed by atoms with E-state index in [1.165, 1.54) is 0 Å². The van der Waals surface area contributed by atoms with Gasteiger partial charge in [0, 0.05) is 21.4 Å². The van der Waals surface area contributed by atoms with Gasteiger partial charge in [-0.25, -0.2) is 0 Å². The van der Waals surface area contributed by atoms with E-state index in [1.807, 2.05) is 6.07 Å². The molecule has 1 aromatic rings. The molecule has 4 heteroatoms. The summed E-state index contributed by atoms with van der Waals surface area (Å²) in [6, 6.07) is 1.91. The summed E-state index contributed by atoms with van der Waals surface area (Å²) in [7, 11) is 0. The topological polar surface area (TPSA) is 22.1 Å². The van der Waals surface area contributed by atoms with Crippen molar-refractivity contribution < 1.29 is 4.74 Å². The molecular weight excluding hydrogens is 310 g/mol. The van der Waals surface area contributed by atoms with E-state index >= 15 is 0 Å². The third kappa shape index (κ3) is 3.96. The maximum Gasteiger partial charge on any atom is 0.138 e. The zero-order chi connectivity index (χ0) is 10.6. The van der Waals surface area contributed by atoms with E-state index in [-0.39, 0.29) is 5.41 Å². The largest absolute Gasteiger partial charge is 0.491 e. The van der Waals surface area contributed by atoms with Gasteiger partial charge in [0.1, 0.15) is 5.75 Å². The summed E-state index contributed by atoms with van der Waals surface area (Å²) in [4.78, 5) is 4.03. The standard InChI is InChI=1S/C10H13Br2NO/c1-10(2,6-11)7-14-9-3-8(12)4-13-5-9/h3-5H,6-7H2,1-2H3. The second-order valence-corrected chi connectivity index (χ2v) is 5.40. The van der Waals surface area contributed by atoms with Gasteiger partial charge in [-0.3, -0.25) is 4.98 Å². The summed E-state index contributed by atoms with van der Waals surface area (Å²) in [5, 5.41) is 0.918. The van der Waals surface area contributed by atoms with Crippen LogP contribution < -0.4 is 4.74 Å². The molecule has 0 unspecified atom stereocenters. The van der Waals surface area contributed by atoms with Gasteiger partial charge in [0.25, 0.3) is 0 Å². The summed E-state index contributed by atoms with van der Waals surface area (Å²) in [6.07, 6.45) is 3.46. The van der Waals surface area contributed by atoms with Crippen molar-refractivity contribution in [1.82, 2.24) is 4.98 Å². The van der Waals surface area contributed by atoms with Gasteiger partial charge in [0.2, 0.25) is 0 Å². The summed E-state index contributed by atoms with van der Waals surface area (Å²) in [6.45, 7) is 4.97. The first-order valence-corrected chi connectivity index (χ1v) is 6.24. The van der Waals surface area contributed by atoms with E-state index in [0.717, 1.165) is 15.6 Å². The van der Waals surface area contributed by atoms with Crippen LogP contribution in [0.1, 0.15) is 13.8 Å². The highest BCUT2D eigenvalue weighted by molar-refractivity contribution is 9.10. The van der Waals surface area contributed by atoms with Crippen molar-refractivity contribution in [2.24, 2.45) is 5.41 Å². The van der Waals surface area contributed by atoms with Crippen LogP contribution in [0.4, 0.5) is 0 Å². The number of aromatic nitrogens is 1. The maximum absolute atomic E-state index is 5.62. The molecule has 14 heavy (non-hydrogen) atoms. The van der Waals surface area contributed by atoms with Crippen molar-refractivity contribution in [3.8, 4) is 5.75 Å². The molecule has 0 atom stereocenters. The fourth-order valence-corrected chi connectivity index (χ4v) is 1.29. The summed E-state index contributed by atoms with van der Waals surface area (Å²) in [5.74, 6) is 0.799. The first-order chi connectivity index (χ1) is 6.53. The summed E-state index contributed by atoms with van der Waals surface area (Å²) >= 11 is 6.80. The Morgan fingerprint density at radius 1 is 1.43 bits per heavy atom. The van der Waals surface area contributed by atoms with Gasteiger partial charge in [-0.15, -0.1) is 0 Å². The van der Waals surface area contributed by atoms with E-state index in [4.69, 9.17) is 4.74 Å². The van der Waals surface area contributed by atoms with Gasteiger partial charge < -0.3 is 4.74 Å². The Labute approximate surface area is 101 Å². The number of nitrogens with zero attached hydrogens (tertiary/aromatic N) is 1. The highest BCUT2D eigenvalue weighted by Crippen LogP contribution is 2.21. The third-order valence-electron chi connectivity index (χ3n) is 1.67. The number of alkyl halides is 1. The zero-order valence-electron chi connectivity index (χ0n) is 8.26. The van der Waals surface area contributed by atoms with Crippen molar-refractivity contribution in [3.63, 3.8) is 0 Å². The van der Waals surface area contributed by atoms with Gasteiger partial charge in [-0.1, -0.05) is 29.8 Å². The molecule has 0 spiro atoms. The maximum atomic E-state index is 5.62. The molecular formula is C10H13Br2NO. The van der Waals surface area contributed by atoms with Crippen LogP contribution in [-0.2, 0) is 0 Å². The minimum Gasteiger partial charge on any atom is -0.491 e. The molecule has 1 aromatic heterocycles. The van der Waals surface area contributed by atoms with Crippen molar-refractivity contribution in [2.45, 2.75) is 13.8 Å². The van der Waals surface area contributed by atoms with Crippen LogP contribution in [0.5, 0.6) is 5.75 Å². The van der Waals surface area contributed by atoms with Gasteiger partial charge in [-0.2, -0.15) is 0 Å². The van der Waals surface area contributed by atoms with E-state index in [2.05, 4.69) is 50.7 Å². The lowest BCUT2D eigenvalue weighted by molar-refractivity contribution is 0.202. The highest BCUT2D eigenvalue weighted by Gasteiger charge is 2.16. The Morgan fingerprint density at radius 2 is 2.14 bits per heavy atom.